The second-order valence-corrected chi connectivity index (χ2v) is 9.78. The van der Waals surface area contributed by atoms with Crippen molar-refractivity contribution in [2.75, 3.05) is 30.8 Å². The van der Waals surface area contributed by atoms with Gasteiger partial charge >= 0.3 is 5.97 Å². The van der Waals surface area contributed by atoms with E-state index in [4.69, 9.17) is 13.9 Å². The number of nitrogens with zero attached hydrogens (tertiary/aromatic N) is 1. The minimum atomic E-state index is -3.82. The molecule has 0 aliphatic heterocycles. The highest BCUT2D eigenvalue weighted by atomic mass is 32.2. The predicted octanol–water partition coefficient (Wildman–Crippen LogP) is 4.64. The van der Waals surface area contributed by atoms with Gasteiger partial charge in [-0.25, -0.2) is 17.6 Å². The number of aliphatic hydroxyl groups excluding tert-OH is 1. The van der Waals surface area contributed by atoms with Gasteiger partial charge in [-0.2, -0.15) is 4.39 Å². The molecule has 194 valence electrons. The zero-order valence-corrected chi connectivity index (χ0v) is 20.4. The third-order valence-corrected chi connectivity index (χ3v) is 6.62. The number of hydrogen-bond donors (Lipinski definition) is 2. The third-order valence-electron chi connectivity index (χ3n) is 5.44. The largest absolute Gasteiger partial charge is 0.495 e. The molecule has 4 aromatic rings. The quantitative estimate of drug-likeness (QED) is 0.319. The zero-order valence-electron chi connectivity index (χ0n) is 19.6. The lowest BCUT2D eigenvalue weighted by Gasteiger charge is -2.23. The standard InChI is InChI=1S/C25H21F2NO8S/c1-34-21-12-16-20(13-18(21)28(10-11-29)37(2,32)33)36-24(22(16)25(30)31)14-6-8-15(9-7-14)35-19-5-3-4-17(26)23(19)27/h3-9,12-13,29H,10-11H2,1-2H3,(H,30,31). The number of hydrogen-bond acceptors (Lipinski definition) is 7. The van der Waals surface area contributed by atoms with Crippen LogP contribution >= 0.6 is 0 Å². The Morgan fingerprint density at radius 3 is 2.38 bits per heavy atom. The highest BCUT2D eigenvalue weighted by molar-refractivity contribution is 7.92. The highest BCUT2D eigenvalue weighted by Gasteiger charge is 2.27. The number of benzene rings is 3. The Morgan fingerprint density at radius 1 is 1.08 bits per heavy atom. The van der Waals surface area contributed by atoms with E-state index in [1.54, 1.807) is 0 Å². The van der Waals surface area contributed by atoms with E-state index in [2.05, 4.69) is 0 Å². The number of anilines is 1. The normalized spacial score (nSPS) is 11.5. The first-order valence-corrected chi connectivity index (χ1v) is 12.6. The predicted molar refractivity (Wildman–Crippen MR) is 131 cm³/mol. The molecule has 2 N–H and O–H groups in total. The molecule has 0 spiro atoms. The summed E-state index contributed by atoms with van der Waals surface area (Å²) >= 11 is 0. The smallest absolute Gasteiger partial charge is 0.340 e. The highest BCUT2D eigenvalue weighted by Crippen LogP contribution is 2.41. The van der Waals surface area contributed by atoms with E-state index in [0.29, 0.717) is 5.56 Å². The van der Waals surface area contributed by atoms with E-state index in [9.17, 15) is 32.2 Å². The Hall–Kier alpha value is -4.16. The SMILES string of the molecule is COc1cc2c(C(=O)O)c(-c3ccc(Oc4cccc(F)c4F)cc3)oc2cc1N(CCO)S(C)(=O)=O. The van der Waals surface area contributed by atoms with Gasteiger partial charge in [-0.15, -0.1) is 0 Å². The Bertz CT molecular complexity index is 1580. The van der Waals surface area contributed by atoms with Crippen LogP contribution in [0.3, 0.4) is 0 Å². The van der Waals surface area contributed by atoms with E-state index < -0.39 is 34.2 Å². The van der Waals surface area contributed by atoms with Gasteiger partial charge in [0.05, 0.1) is 32.2 Å². The molecule has 0 aliphatic carbocycles. The van der Waals surface area contributed by atoms with Crippen LogP contribution in [0.4, 0.5) is 14.5 Å². The lowest BCUT2D eigenvalue weighted by molar-refractivity contribution is 0.0699. The summed E-state index contributed by atoms with van der Waals surface area (Å²) < 4.78 is 69.5. The molecule has 3 aromatic carbocycles. The fraction of sp³-hybridized carbons (Fsp3) is 0.160. The maximum atomic E-state index is 13.9. The third kappa shape index (κ3) is 5.06. The maximum Gasteiger partial charge on any atom is 0.340 e. The fourth-order valence-electron chi connectivity index (χ4n) is 3.81. The van der Waals surface area contributed by atoms with Gasteiger partial charge in [0.15, 0.2) is 11.6 Å². The average Bonchev–Trinajstić information content (AvgIpc) is 3.23. The van der Waals surface area contributed by atoms with Crippen molar-refractivity contribution in [3.05, 3.63) is 71.8 Å². The summed E-state index contributed by atoms with van der Waals surface area (Å²) in [6, 6.07) is 12.0. The Labute approximate surface area is 210 Å². The molecule has 0 amide bonds. The monoisotopic (exact) mass is 533 g/mol. The first kappa shape index (κ1) is 25.9. The van der Waals surface area contributed by atoms with Crippen LogP contribution in [-0.4, -0.2) is 51.1 Å². The molecule has 0 bridgehead atoms. The number of carbonyl (C=O) groups is 1. The Kier molecular flexibility index (Phi) is 7.05. The van der Waals surface area contributed by atoms with Gasteiger partial charge in [-0.05, 0) is 42.5 Å². The molecule has 0 fully saturated rings. The van der Waals surface area contributed by atoms with Crippen LogP contribution in [0, 0.1) is 11.6 Å². The van der Waals surface area contributed by atoms with E-state index >= 15 is 0 Å². The fourth-order valence-corrected chi connectivity index (χ4v) is 4.72. The molecule has 0 atom stereocenters. The molecular formula is C25H21F2NO8S. The molecule has 0 unspecified atom stereocenters. The first-order valence-electron chi connectivity index (χ1n) is 10.7. The average molecular weight is 534 g/mol. The topological polar surface area (TPSA) is 127 Å². The van der Waals surface area contributed by atoms with Crippen molar-refractivity contribution in [1.82, 2.24) is 0 Å². The van der Waals surface area contributed by atoms with Gasteiger partial charge in [0.1, 0.15) is 28.4 Å². The molecular weight excluding hydrogens is 512 g/mol. The molecule has 37 heavy (non-hydrogen) atoms. The molecule has 4 rings (SSSR count). The van der Waals surface area contributed by atoms with Gasteiger partial charge in [-0.1, -0.05) is 6.07 Å². The molecule has 1 aromatic heterocycles. The van der Waals surface area contributed by atoms with E-state index in [-0.39, 0.29) is 51.8 Å². The van der Waals surface area contributed by atoms with Gasteiger partial charge in [0, 0.05) is 17.0 Å². The van der Waals surface area contributed by atoms with Gasteiger partial charge in [0.2, 0.25) is 15.8 Å². The Balaban J connectivity index is 1.80. The molecule has 0 aliphatic rings. The van der Waals surface area contributed by atoms with Crippen LogP contribution in [0.1, 0.15) is 10.4 Å². The summed E-state index contributed by atoms with van der Waals surface area (Å²) in [5.74, 6) is -3.64. The summed E-state index contributed by atoms with van der Waals surface area (Å²) in [5.41, 5.74) is 0.260. The van der Waals surface area contributed by atoms with E-state index in [1.165, 1.54) is 55.6 Å². The summed E-state index contributed by atoms with van der Waals surface area (Å²) in [7, 11) is -2.52. The Morgan fingerprint density at radius 2 is 1.78 bits per heavy atom. The summed E-state index contributed by atoms with van der Waals surface area (Å²) in [4.78, 5) is 12.2. The van der Waals surface area contributed by atoms with Crippen molar-refractivity contribution in [2.45, 2.75) is 0 Å². The van der Waals surface area contributed by atoms with Crippen molar-refractivity contribution < 1.29 is 46.1 Å². The summed E-state index contributed by atoms with van der Waals surface area (Å²) in [5, 5.41) is 19.4. The number of fused-ring (bicyclic) bond motifs is 1. The molecule has 0 saturated carbocycles. The van der Waals surface area contributed by atoms with Gasteiger partial charge in [-0.3, -0.25) is 4.31 Å². The number of rotatable bonds is 9. The second-order valence-electron chi connectivity index (χ2n) is 7.87. The van der Waals surface area contributed by atoms with Crippen molar-refractivity contribution in [3.63, 3.8) is 0 Å². The molecule has 12 heteroatoms. The first-order chi connectivity index (χ1) is 17.5. The van der Waals surface area contributed by atoms with Gasteiger partial charge < -0.3 is 24.1 Å². The maximum absolute atomic E-state index is 13.9. The number of halogens is 2. The van der Waals surface area contributed by atoms with Crippen molar-refractivity contribution in [3.8, 4) is 28.6 Å². The van der Waals surface area contributed by atoms with Crippen LogP contribution in [-0.2, 0) is 10.0 Å². The van der Waals surface area contributed by atoms with Crippen molar-refractivity contribution in [2.24, 2.45) is 0 Å². The number of sulfonamides is 1. The minimum absolute atomic E-state index is 0.0294. The lowest BCUT2D eigenvalue weighted by atomic mass is 10.0. The molecule has 0 radical (unpaired) electrons. The number of carboxylic acid groups (broad SMARTS) is 1. The number of aliphatic hydroxyl groups is 1. The van der Waals surface area contributed by atoms with E-state index in [0.717, 1.165) is 16.6 Å². The summed E-state index contributed by atoms with van der Waals surface area (Å²) in [6.07, 6.45) is 0.960. The van der Waals surface area contributed by atoms with Crippen LogP contribution in [0.2, 0.25) is 0 Å². The van der Waals surface area contributed by atoms with E-state index in [1.807, 2.05) is 0 Å². The zero-order chi connectivity index (χ0) is 26.9. The van der Waals surface area contributed by atoms with Gasteiger partial charge in [0.25, 0.3) is 0 Å². The summed E-state index contributed by atoms with van der Waals surface area (Å²) in [6.45, 7) is -0.723. The van der Waals surface area contributed by atoms with Crippen molar-refractivity contribution in [1.29, 1.82) is 0 Å². The number of furan rings is 1. The molecule has 9 nitrogen and oxygen atoms in total. The van der Waals surface area contributed by atoms with Crippen LogP contribution < -0.4 is 13.8 Å². The molecule has 1 heterocycles. The van der Waals surface area contributed by atoms with Crippen LogP contribution in [0.15, 0.2) is 59.0 Å². The lowest BCUT2D eigenvalue weighted by Crippen LogP contribution is -2.32. The molecule has 0 saturated heterocycles. The van der Waals surface area contributed by atoms with Crippen molar-refractivity contribution >= 4 is 32.6 Å². The van der Waals surface area contributed by atoms with Crippen LogP contribution in [0.25, 0.3) is 22.3 Å². The number of methoxy groups -OCH3 is 1. The van der Waals surface area contributed by atoms with Crippen LogP contribution in [0.5, 0.6) is 17.2 Å². The number of aromatic carboxylic acids is 1. The number of carboxylic acids is 1. The second kappa shape index (κ2) is 10.1. The minimum Gasteiger partial charge on any atom is -0.495 e. The number of ether oxygens (including phenoxy) is 2.